The van der Waals surface area contributed by atoms with Crippen molar-refractivity contribution in [1.29, 1.82) is 0 Å². The van der Waals surface area contributed by atoms with E-state index in [0.717, 1.165) is 57.1 Å². The smallest absolute Gasteiger partial charge is 0.214 e. The Morgan fingerprint density at radius 1 is 1.00 bits per heavy atom. The zero-order valence-corrected chi connectivity index (χ0v) is 16.9. The summed E-state index contributed by atoms with van der Waals surface area (Å²) in [7, 11) is 0. The molecule has 6 nitrogen and oxygen atoms in total. The molecule has 2 N–H and O–H groups in total. The van der Waals surface area contributed by atoms with Gasteiger partial charge in [0.05, 0.1) is 6.54 Å². The molecule has 0 unspecified atom stereocenters. The number of hydrogen-bond donors (Lipinski definition) is 2. The first-order valence-electron chi connectivity index (χ1n) is 10.5. The average molecular weight is 397 g/mol. The SMILES string of the molecule is CC[NH+]1CC[NH+]([C@@H](c2ccc(F)cc2)c2nnnn2CCc2ccccc2)CC1. The molecule has 1 atom stereocenters. The van der Waals surface area contributed by atoms with Crippen LogP contribution in [0.3, 0.4) is 0 Å². The lowest BCUT2D eigenvalue weighted by Gasteiger charge is -2.33. The molecule has 7 heteroatoms. The van der Waals surface area contributed by atoms with Crippen LogP contribution in [0.4, 0.5) is 4.39 Å². The molecule has 1 fully saturated rings. The van der Waals surface area contributed by atoms with Crippen LogP contribution in [-0.4, -0.2) is 52.9 Å². The monoisotopic (exact) mass is 396 g/mol. The number of likely N-dealkylation sites (N-methyl/N-ethyl adjacent to an activating group) is 1. The molecular formula is C22H29FN6+2. The van der Waals surface area contributed by atoms with Crippen molar-refractivity contribution >= 4 is 0 Å². The second-order valence-corrected chi connectivity index (χ2v) is 7.74. The van der Waals surface area contributed by atoms with E-state index in [2.05, 4.69) is 46.7 Å². The highest BCUT2D eigenvalue weighted by Crippen LogP contribution is 2.18. The number of aryl methyl sites for hydroxylation is 2. The summed E-state index contributed by atoms with van der Waals surface area (Å²) in [6.07, 6.45) is 0.873. The van der Waals surface area contributed by atoms with Crippen molar-refractivity contribution in [1.82, 2.24) is 20.2 Å². The van der Waals surface area contributed by atoms with E-state index in [-0.39, 0.29) is 11.9 Å². The molecule has 0 radical (unpaired) electrons. The van der Waals surface area contributed by atoms with E-state index in [4.69, 9.17) is 0 Å². The van der Waals surface area contributed by atoms with Gasteiger partial charge in [0.15, 0.2) is 6.04 Å². The molecule has 1 aromatic heterocycles. The van der Waals surface area contributed by atoms with Crippen LogP contribution >= 0.6 is 0 Å². The summed E-state index contributed by atoms with van der Waals surface area (Å²) >= 11 is 0. The van der Waals surface area contributed by atoms with Crippen molar-refractivity contribution in [2.24, 2.45) is 0 Å². The normalized spacial score (nSPS) is 20.5. The van der Waals surface area contributed by atoms with Gasteiger partial charge in [0, 0.05) is 12.1 Å². The van der Waals surface area contributed by atoms with Gasteiger partial charge in [-0.15, -0.1) is 5.10 Å². The maximum Gasteiger partial charge on any atom is 0.214 e. The Kier molecular flexibility index (Phi) is 6.27. The standard InChI is InChI=1S/C22H27FN6/c1-2-27-14-16-28(17-15-27)21(19-8-10-20(23)11-9-19)22-24-25-26-29(22)13-12-18-6-4-3-5-7-18/h3-11,21H,2,12-17H2,1H3/p+2/t21-/m0/s1. The summed E-state index contributed by atoms with van der Waals surface area (Å²) in [5.41, 5.74) is 2.33. The molecule has 0 bridgehead atoms. The first-order valence-corrected chi connectivity index (χ1v) is 10.5. The number of rotatable bonds is 7. The fourth-order valence-corrected chi connectivity index (χ4v) is 4.25. The maximum atomic E-state index is 13.6. The van der Waals surface area contributed by atoms with Crippen molar-refractivity contribution in [2.45, 2.75) is 25.9 Å². The van der Waals surface area contributed by atoms with E-state index in [9.17, 15) is 4.39 Å². The minimum atomic E-state index is -0.216. The lowest BCUT2D eigenvalue weighted by molar-refractivity contribution is -1.02. The van der Waals surface area contributed by atoms with Gasteiger partial charge in [0.1, 0.15) is 32.0 Å². The molecule has 1 saturated heterocycles. The number of benzene rings is 2. The zero-order valence-electron chi connectivity index (χ0n) is 16.9. The lowest BCUT2D eigenvalue weighted by Crippen LogP contribution is -3.28. The summed E-state index contributed by atoms with van der Waals surface area (Å²) in [4.78, 5) is 3.08. The summed E-state index contributed by atoms with van der Waals surface area (Å²) in [5, 5.41) is 12.7. The van der Waals surface area contributed by atoms with E-state index in [1.807, 2.05) is 22.9 Å². The summed E-state index contributed by atoms with van der Waals surface area (Å²) < 4.78 is 15.5. The highest BCUT2D eigenvalue weighted by Gasteiger charge is 2.35. The Hall–Kier alpha value is -2.64. The minimum absolute atomic E-state index is 0.0137. The van der Waals surface area contributed by atoms with Gasteiger partial charge >= 0.3 is 0 Å². The Bertz CT molecular complexity index is 887. The zero-order chi connectivity index (χ0) is 20.1. The van der Waals surface area contributed by atoms with Gasteiger partial charge in [-0.05, 0) is 53.6 Å². The highest BCUT2D eigenvalue weighted by atomic mass is 19.1. The molecule has 2 heterocycles. The predicted octanol–water partition coefficient (Wildman–Crippen LogP) is -0.0524. The van der Waals surface area contributed by atoms with Crippen LogP contribution in [0.1, 0.15) is 29.9 Å². The lowest BCUT2D eigenvalue weighted by atomic mass is 10.0. The summed E-state index contributed by atoms with van der Waals surface area (Å²) in [6.45, 7) is 8.49. The Morgan fingerprint density at radius 2 is 1.72 bits per heavy atom. The third-order valence-electron chi connectivity index (χ3n) is 5.98. The van der Waals surface area contributed by atoms with Crippen LogP contribution in [0.5, 0.6) is 0 Å². The molecule has 3 aromatic rings. The number of tetrazole rings is 1. The Balaban J connectivity index is 1.60. The van der Waals surface area contributed by atoms with Crippen molar-refractivity contribution in [3.63, 3.8) is 0 Å². The number of halogens is 1. The quantitative estimate of drug-likeness (QED) is 0.589. The fourth-order valence-electron chi connectivity index (χ4n) is 4.25. The van der Waals surface area contributed by atoms with Gasteiger partial charge in [-0.3, -0.25) is 0 Å². The largest absolute Gasteiger partial charge is 0.326 e. The summed E-state index contributed by atoms with van der Waals surface area (Å²) in [6, 6.07) is 17.2. The first kappa shape index (κ1) is 19.7. The van der Waals surface area contributed by atoms with E-state index < -0.39 is 0 Å². The van der Waals surface area contributed by atoms with E-state index in [1.165, 1.54) is 22.6 Å². The molecule has 29 heavy (non-hydrogen) atoms. The molecular weight excluding hydrogens is 367 g/mol. The van der Waals surface area contributed by atoms with E-state index in [1.54, 1.807) is 4.90 Å². The Morgan fingerprint density at radius 3 is 2.41 bits per heavy atom. The third-order valence-corrected chi connectivity index (χ3v) is 5.98. The van der Waals surface area contributed by atoms with Crippen molar-refractivity contribution in [3.05, 3.63) is 77.4 Å². The number of nitrogens with zero attached hydrogens (tertiary/aromatic N) is 4. The van der Waals surface area contributed by atoms with Gasteiger partial charge < -0.3 is 9.80 Å². The number of quaternary nitrogens is 2. The Labute approximate surface area is 170 Å². The van der Waals surface area contributed by atoms with Crippen LogP contribution < -0.4 is 9.80 Å². The van der Waals surface area contributed by atoms with Crippen molar-refractivity contribution in [2.75, 3.05) is 32.7 Å². The number of aromatic nitrogens is 4. The number of hydrogen-bond acceptors (Lipinski definition) is 3. The van der Waals surface area contributed by atoms with Crippen LogP contribution in [0, 0.1) is 5.82 Å². The molecule has 1 aliphatic heterocycles. The number of piperazine rings is 1. The van der Waals surface area contributed by atoms with Gasteiger partial charge in [0.25, 0.3) is 0 Å². The second kappa shape index (κ2) is 9.24. The predicted molar refractivity (Wildman–Crippen MR) is 108 cm³/mol. The minimum Gasteiger partial charge on any atom is -0.326 e. The summed E-state index contributed by atoms with van der Waals surface area (Å²) in [5.74, 6) is 0.647. The van der Waals surface area contributed by atoms with Crippen LogP contribution in [0.15, 0.2) is 54.6 Å². The highest BCUT2D eigenvalue weighted by molar-refractivity contribution is 5.23. The molecule has 1 aliphatic rings. The van der Waals surface area contributed by atoms with Gasteiger partial charge in [0.2, 0.25) is 5.82 Å². The van der Waals surface area contributed by atoms with Gasteiger partial charge in [-0.25, -0.2) is 9.07 Å². The fraction of sp³-hybridized carbons (Fsp3) is 0.409. The van der Waals surface area contributed by atoms with Crippen molar-refractivity contribution < 1.29 is 14.2 Å². The van der Waals surface area contributed by atoms with Crippen LogP contribution in [0.2, 0.25) is 0 Å². The molecule has 2 aromatic carbocycles. The second-order valence-electron chi connectivity index (χ2n) is 7.74. The maximum absolute atomic E-state index is 13.6. The van der Waals surface area contributed by atoms with Gasteiger partial charge in [-0.1, -0.05) is 30.3 Å². The molecule has 0 aliphatic carbocycles. The van der Waals surface area contributed by atoms with E-state index in [0.29, 0.717) is 0 Å². The van der Waals surface area contributed by atoms with Gasteiger partial charge in [-0.2, -0.15) is 0 Å². The number of nitrogens with one attached hydrogen (secondary N) is 2. The topological polar surface area (TPSA) is 52.5 Å². The molecule has 152 valence electrons. The molecule has 0 saturated carbocycles. The van der Waals surface area contributed by atoms with Crippen LogP contribution in [0.25, 0.3) is 0 Å². The average Bonchev–Trinajstić information content (AvgIpc) is 3.23. The van der Waals surface area contributed by atoms with E-state index >= 15 is 0 Å². The van der Waals surface area contributed by atoms with Crippen molar-refractivity contribution in [3.8, 4) is 0 Å². The first-order chi connectivity index (χ1) is 14.2. The molecule has 0 spiro atoms. The van der Waals surface area contributed by atoms with Crippen LogP contribution in [-0.2, 0) is 13.0 Å². The molecule has 4 rings (SSSR count). The molecule has 0 amide bonds. The third kappa shape index (κ3) is 4.68.